The van der Waals surface area contributed by atoms with Crippen molar-refractivity contribution in [3.8, 4) is 11.5 Å². The van der Waals surface area contributed by atoms with E-state index in [1.165, 1.54) is 11.9 Å². The van der Waals surface area contributed by atoms with Crippen LogP contribution in [0.1, 0.15) is 11.1 Å². The Balaban J connectivity index is 3.05. The molecule has 2 N–H and O–H groups in total. The van der Waals surface area contributed by atoms with Gasteiger partial charge in [0.1, 0.15) is 11.5 Å². The van der Waals surface area contributed by atoms with E-state index < -0.39 is 11.8 Å². The Kier molecular flexibility index (Phi) is 4.74. The Labute approximate surface area is 112 Å². The number of hydrogen-bond donors (Lipinski definition) is 1. The molecule has 104 valence electrons. The largest absolute Gasteiger partial charge is 0.496 e. The fraction of sp³-hybridized carbons (Fsp3) is 0.385. The number of rotatable bonds is 4. The maximum atomic E-state index is 11.4. The lowest BCUT2D eigenvalue weighted by atomic mass is 10.1. The number of methoxy groups -OCH3 is 2. The van der Waals surface area contributed by atoms with Gasteiger partial charge >= 0.3 is 11.8 Å². The van der Waals surface area contributed by atoms with E-state index in [4.69, 9.17) is 15.2 Å². The molecule has 0 fully saturated rings. The van der Waals surface area contributed by atoms with Crippen molar-refractivity contribution in [1.82, 2.24) is 4.90 Å². The van der Waals surface area contributed by atoms with Crippen molar-refractivity contribution in [3.05, 3.63) is 23.3 Å². The molecule has 6 heteroatoms. The minimum Gasteiger partial charge on any atom is -0.496 e. The number of carbonyl (C=O) groups excluding carboxylic acids is 2. The summed E-state index contributed by atoms with van der Waals surface area (Å²) >= 11 is 0. The van der Waals surface area contributed by atoms with Crippen molar-refractivity contribution in [2.24, 2.45) is 5.73 Å². The van der Waals surface area contributed by atoms with Gasteiger partial charge in [-0.2, -0.15) is 0 Å². The van der Waals surface area contributed by atoms with E-state index >= 15 is 0 Å². The molecular formula is C13H18N2O4. The lowest BCUT2D eigenvalue weighted by Gasteiger charge is -2.19. The third kappa shape index (κ3) is 3.15. The maximum absolute atomic E-state index is 11.4. The molecule has 0 unspecified atom stereocenters. The predicted molar refractivity (Wildman–Crippen MR) is 70.0 cm³/mol. The predicted octanol–water partition coefficient (Wildman–Crippen LogP) is 0.456. The standard InChI is InChI=1S/C13H18N2O4/c1-8-10(18-3)6-5-9(11(8)19-4)7-15(2)13(17)12(14)16/h5-6H,7H2,1-4H3,(H2,14,16). The van der Waals surface area contributed by atoms with E-state index in [9.17, 15) is 9.59 Å². The first-order chi connectivity index (χ1) is 8.92. The molecular weight excluding hydrogens is 248 g/mol. The number of benzene rings is 1. The third-order valence-electron chi connectivity index (χ3n) is 2.83. The fourth-order valence-electron chi connectivity index (χ4n) is 1.87. The van der Waals surface area contributed by atoms with Crippen molar-refractivity contribution in [3.63, 3.8) is 0 Å². The molecule has 2 amide bonds. The quantitative estimate of drug-likeness (QED) is 0.802. The van der Waals surface area contributed by atoms with E-state index in [1.807, 2.05) is 6.92 Å². The van der Waals surface area contributed by atoms with Gasteiger partial charge in [0.05, 0.1) is 14.2 Å². The zero-order chi connectivity index (χ0) is 14.6. The Bertz CT molecular complexity index is 500. The number of primary amides is 1. The highest BCUT2D eigenvalue weighted by atomic mass is 16.5. The van der Waals surface area contributed by atoms with Crippen molar-refractivity contribution in [2.75, 3.05) is 21.3 Å². The summed E-state index contributed by atoms with van der Waals surface area (Å²) in [6.07, 6.45) is 0. The number of nitrogens with two attached hydrogens (primary N) is 1. The van der Waals surface area contributed by atoms with Crippen molar-refractivity contribution < 1.29 is 19.1 Å². The van der Waals surface area contributed by atoms with Crippen molar-refractivity contribution in [2.45, 2.75) is 13.5 Å². The SMILES string of the molecule is COc1ccc(CN(C)C(=O)C(N)=O)c(OC)c1C. The Morgan fingerprint density at radius 3 is 2.37 bits per heavy atom. The van der Waals surface area contributed by atoms with Gasteiger partial charge in [-0.05, 0) is 19.1 Å². The zero-order valence-corrected chi connectivity index (χ0v) is 11.5. The van der Waals surface area contributed by atoms with Gasteiger partial charge in [0.25, 0.3) is 0 Å². The number of carbonyl (C=O) groups is 2. The fourth-order valence-corrected chi connectivity index (χ4v) is 1.87. The summed E-state index contributed by atoms with van der Waals surface area (Å²) in [5.41, 5.74) is 6.57. The second-order valence-corrected chi connectivity index (χ2v) is 4.11. The lowest BCUT2D eigenvalue weighted by molar-refractivity contribution is -0.143. The molecule has 0 saturated heterocycles. The number of amides is 2. The highest BCUT2D eigenvalue weighted by Gasteiger charge is 2.18. The first-order valence-corrected chi connectivity index (χ1v) is 5.67. The van der Waals surface area contributed by atoms with Gasteiger partial charge in [0.2, 0.25) is 0 Å². The molecule has 0 radical (unpaired) electrons. The molecule has 0 saturated carbocycles. The topological polar surface area (TPSA) is 81.9 Å². The summed E-state index contributed by atoms with van der Waals surface area (Å²) in [4.78, 5) is 23.5. The normalized spacial score (nSPS) is 9.89. The van der Waals surface area contributed by atoms with Crippen LogP contribution in [0.3, 0.4) is 0 Å². The van der Waals surface area contributed by atoms with Gasteiger partial charge in [-0.3, -0.25) is 9.59 Å². The average molecular weight is 266 g/mol. The monoisotopic (exact) mass is 266 g/mol. The van der Waals surface area contributed by atoms with Crippen LogP contribution in [-0.4, -0.2) is 38.0 Å². The molecule has 0 aliphatic carbocycles. The molecule has 0 aliphatic heterocycles. The number of nitrogens with zero attached hydrogens (tertiary/aromatic N) is 1. The van der Waals surface area contributed by atoms with E-state index in [0.717, 1.165) is 11.1 Å². The Morgan fingerprint density at radius 2 is 1.89 bits per heavy atom. The second kappa shape index (κ2) is 6.08. The van der Waals surface area contributed by atoms with Crippen LogP contribution in [0, 0.1) is 6.92 Å². The van der Waals surface area contributed by atoms with E-state index in [1.54, 1.807) is 26.4 Å². The van der Waals surface area contributed by atoms with Crippen LogP contribution in [-0.2, 0) is 16.1 Å². The van der Waals surface area contributed by atoms with Crippen LogP contribution in [0.2, 0.25) is 0 Å². The molecule has 0 aliphatic rings. The van der Waals surface area contributed by atoms with Gasteiger partial charge < -0.3 is 20.1 Å². The Morgan fingerprint density at radius 1 is 1.26 bits per heavy atom. The van der Waals surface area contributed by atoms with Crippen LogP contribution in [0.4, 0.5) is 0 Å². The molecule has 6 nitrogen and oxygen atoms in total. The van der Waals surface area contributed by atoms with E-state index in [2.05, 4.69) is 0 Å². The average Bonchev–Trinajstić information content (AvgIpc) is 2.38. The first-order valence-electron chi connectivity index (χ1n) is 5.67. The minimum absolute atomic E-state index is 0.232. The van der Waals surface area contributed by atoms with E-state index in [-0.39, 0.29) is 6.54 Å². The molecule has 1 aromatic carbocycles. The highest BCUT2D eigenvalue weighted by molar-refractivity contribution is 6.34. The number of hydrogen-bond acceptors (Lipinski definition) is 4. The van der Waals surface area contributed by atoms with Crippen molar-refractivity contribution >= 4 is 11.8 Å². The molecule has 1 aromatic rings. The summed E-state index contributed by atoms with van der Waals surface area (Å²) in [5.74, 6) is -0.393. The summed E-state index contributed by atoms with van der Waals surface area (Å²) < 4.78 is 10.5. The molecule has 0 heterocycles. The number of ether oxygens (including phenoxy) is 2. The summed E-state index contributed by atoms with van der Waals surface area (Å²) in [6, 6.07) is 3.57. The van der Waals surface area contributed by atoms with Crippen LogP contribution >= 0.6 is 0 Å². The van der Waals surface area contributed by atoms with Gasteiger partial charge in [-0.15, -0.1) is 0 Å². The van der Waals surface area contributed by atoms with Crippen LogP contribution < -0.4 is 15.2 Å². The van der Waals surface area contributed by atoms with Crippen LogP contribution in [0.25, 0.3) is 0 Å². The smallest absolute Gasteiger partial charge is 0.311 e. The van der Waals surface area contributed by atoms with Gasteiger partial charge in [-0.25, -0.2) is 0 Å². The van der Waals surface area contributed by atoms with Crippen molar-refractivity contribution in [1.29, 1.82) is 0 Å². The first kappa shape index (κ1) is 14.8. The zero-order valence-electron chi connectivity index (χ0n) is 11.5. The third-order valence-corrected chi connectivity index (χ3v) is 2.83. The lowest BCUT2D eigenvalue weighted by Crippen LogP contribution is -2.37. The Hall–Kier alpha value is -2.24. The number of likely N-dealkylation sites (N-methyl/N-ethyl adjacent to an activating group) is 1. The molecule has 0 aromatic heterocycles. The van der Waals surface area contributed by atoms with Crippen LogP contribution in [0.15, 0.2) is 12.1 Å². The minimum atomic E-state index is -0.980. The maximum Gasteiger partial charge on any atom is 0.311 e. The molecule has 1 rings (SSSR count). The summed E-state index contributed by atoms with van der Waals surface area (Å²) in [6.45, 7) is 2.09. The van der Waals surface area contributed by atoms with Gasteiger partial charge in [-0.1, -0.05) is 0 Å². The van der Waals surface area contributed by atoms with Gasteiger partial charge in [0.15, 0.2) is 0 Å². The van der Waals surface area contributed by atoms with E-state index in [0.29, 0.717) is 11.5 Å². The van der Waals surface area contributed by atoms with Crippen LogP contribution in [0.5, 0.6) is 11.5 Å². The molecule has 0 atom stereocenters. The molecule has 0 bridgehead atoms. The molecule has 0 spiro atoms. The summed E-state index contributed by atoms with van der Waals surface area (Å²) in [7, 11) is 4.62. The van der Waals surface area contributed by atoms with Gasteiger partial charge in [0, 0.05) is 24.7 Å². The summed E-state index contributed by atoms with van der Waals surface area (Å²) in [5, 5.41) is 0. The second-order valence-electron chi connectivity index (χ2n) is 4.11. The highest BCUT2D eigenvalue weighted by Crippen LogP contribution is 2.31. The molecule has 19 heavy (non-hydrogen) atoms.